The molecule has 0 unspecified atom stereocenters. The summed E-state index contributed by atoms with van der Waals surface area (Å²) in [5.41, 5.74) is 0.649. The lowest BCUT2D eigenvalue weighted by molar-refractivity contribution is 0.0728. The molecule has 9 heteroatoms. The number of carbonyl (C=O) groups is 2. The van der Waals surface area contributed by atoms with Crippen molar-refractivity contribution in [2.24, 2.45) is 0 Å². The molecule has 2 atom stereocenters. The van der Waals surface area contributed by atoms with Crippen LogP contribution in [0.4, 0.5) is 10.5 Å². The van der Waals surface area contributed by atoms with E-state index in [1.54, 1.807) is 11.0 Å². The fourth-order valence-corrected chi connectivity index (χ4v) is 5.59. The van der Waals surface area contributed by atoms with Crippen LogP contribution in [-0.4, -0.2) is 68.3 Å². The van der Waals surface area contributed by atoms with Crippen LogP contribution < -0.4 is 9.64 Å². The summed E-state index contributed by atoms with van der Waals surface area (Å²) in [4.78, 5) is 29.9. The zero-order valence-corrected chi connectivity index (χ0v) is 21.8. The summed E-state index contributed by atoms with van der Waals surface area (Å²) in [6, 6.07) is 2.77. The number of rotatable bonds is 6. The highest BCUT2D eigenvalue weighted by Crippen LogP contribution is 2.43. The lowest BCUT2D eigenvalue weighted by Crippen LogP contribution is -2.44. The van der Waals surface area contributed by atoms with Gasteiger partial charge in [0.1, 0.15) is 6.61 Å². The maximum atomic E-state index is 13.7. The molecule has 0 aromatic heterocycles. The molecule has 4 rings (SSSR count). The SMILES string of the molecule is C=CCOC(=O)N1C[C@@H]2C[C@@H](O[Si](C)(C)C(C)(C)C)CN2C(=O)c2cc(OC3CC3)c(O)cc21. The molecular weight excluding hydrogens is 452 g/mol. The lowest BCUT2D eigenvalue weighted by Gasteiger charge is -2.38. The van der Waals surface area contributed by atoms with Gasteiger partial charge < -0.3 is 23.9 Å². The van der Waals surface area contributed by atoms with Crippen molar-refractivity contribution >= 4 is 26.0 Å². The molecule has 1 saturated heterocycles. The van der Waals surface area contributed by atoms with Crippen LogP contribution in [0.2, 0.25) is 18.1 Å². The van der Waals surface area contributed by atoms with E-state index in [2.05, 4.69) is 40.4 Å². The van der Waals surface area contributed by atoms with Crippen molar-refractivity contribution in [2.75, 3.05) is 24.6 Å². The van der Waals surface area contributed by atoms with Crippen LogP contribution in [0, 0.1) is 0 Å². The van der Waals surface area contributed by atoms with Gasteiger partial charge in [-0.2, -0.15) is 0 Å². The topological polar surface area (TPSA) is 88.5 Å². The number of aromatic hydroxyl groups is 1. The highest BCUT2D eigenvalue weighted by atomic mass is 28.4. The van der Waals surface area contributed by atoms with Crippen LogP contribution in [0.1, 0.15) is 50.4 Å². The number of nitrogens with zero attached hydrogens (tertiary/aromatic N) is 2. The van der Waals surface area contributed by atoms with E-state index in [0.29, 0.717) is 24.2 Å². The van der Waals surface area contributed by atoms with Gasteiger partial charge in [-0.05, 0) is 43.5 Å². The van der Waals surface area contributed by atoms with Crippen LogP contribution in [0.25, 0.3) is 0 Å². The van der Waals surface area contributed by atoms with Gasteiger partial charge in [0.25, 0.3) is 5.91 Å². The van der Waals surface area contributed by atoms with Gasteiger partial charge in [0.05, 0.1) is 29.5 Å². The Morgan fingerprint density at radius 3 is 2.56 bits per heavy atom. The van der Waals surface area contributed by atoms with Crippen molar-refractivity contribution in [2.45, 2.75) is 76.4 Å². The molecule has 1 aromatic carbocycles. The second-order valence-corrected chi connectivity index (χ2v) is 15.7. The summed E-state index contributed by atoms with van der Waals surface area (Å²) in [6.45, 7) is 15.4. The molecule has 186 valence electrons. The summed E-state index contributed by atoms with van der Waals surface area (Å²) in [5, 5.41) is 10.6. The third-order valence-electron chi connectivity index (χ3n) is 7.26. The number of benzene rings is 1. The van der Waals surface area contributed by atoms with Crippen LogP contribution in [0.5, 0.6) is 11.5 Å². The molecular formula is C25H36N2O6Si. The molecule has 2 aliphatic heterocycles. The van der Waals surface area contributed by atoms with Crippen molar-refractivity contribution in [3.63, 3.8) is 0 Å². The number of fused-ring (bicyclic) bond motifs is 2. The first-order valence-corrected chi connectivity index (χ1v) is 14.9. The molecule has 0 spiro atoms. The van der Waals surface area contributed by atoms with Gasteiger partial charge in [0.15, 0.2) is 19.8 Å². The van der Waals surface area contributed by atoms with Gasteiger partial charge in [0, 0.05) is 19.2 Å². The Kier molecular flexibility index (Phi) is 6.46. The average Bonchev–Trinajstić information content (AvgIpc) is 3.49. The van der Waals surface area contributed by atoms with Gasteiger partial charge in [-0.1, -0.05) is 33.4 Å². The summed E-state index contributed by atoms with van der Waals surface area (Å²) >= 11 is 0. The maximum absolute atomic E-state index is 13.7. The van der Waals surface area contributed by atoms with Crippen molar-refractivity contribution in [1.29, 1.82) is 0 Å². The number of phenolic OH excluding ortho intramolecular Hbond substituents is 1. The predicted molar refractivity (Wildman–Crippen MR) is 132 cm³/mol. The van der Waals surface area contributed by atoms with Gasteiger partial charge in [0.2, 0.25) is 0 Å². The van der Waals surface area contributed by atoms with E-state index in [-0.39, 0.29) is 53.8 Å². The fourth-order valence-electron chi connectivity index (χ4n) is 4.23. The summed E-state index contributed by atoms with van der Waals surface area (Å²) in [6.07, 6.45) is 3.35. The number of amides is 2. The highest BCUT2D eigenvalue weighted by Gasteiger charge is 2.46. The molecule has 1 aliphatic carbocycles. The van der Waals surface area contributed by atoms with E-state index in [0.717, 1.165) is 12.8 Å². The number of anilines is 1. The number of ether oxygens (including phenoxy) is 2. The van der Waals surface area contributed by atoms with E-state index < -0.39 is 14.4 Å². The molecule has 1 saturated carbocycles. The quantitative estimate of drug-likeness (QED) is 0.462. The normalized spacial score (nSPS) is 22.7. The molecule has 0 radical (unpaired) electrons. The smallest absolute Gasteiger partial charge is 0.414 e. The molecule has 3 aliphatic rings. The van der Waals surface area contributed by atoms with Crippen LogP contribution in [-0.2, 0) is 9.16 Å². The molecule has 2 amide bonds. The Bertz CT molecular complexity index is 984. The predicted octanol–water partition coefficient (Wildman–Crippen LogP) is 4.68. The molecule has 0 bridgehead atoms. The van der Waals surface area contributed by atoms with Gasteiger partial charge >= 0.3 is 6.09 Å². The Balaban J connectivity index is 1.67. The number of carbonyl (C=O) groups excluding carboxylic acids is 2. The van der Waals surface area contributed by atoms with E-state index >= 15 is 0 Å². The van der Waals surface area contributed by atoms with Crippen molar-refractivity contribution in [3.8, 4) is 11.5 Å². The monoisotopic (exact) mass is 488 g/mol. The van der Waals surface area contributed by atoms with Crippen molar-refractivity contribution < 1.29 is 28.6 Å². The van der Waals surface area contributed by atoms with Crippen LogP contribution in [0.15, 0.2) is 24.8 Å². The molecule has 34 heavy (non-hydrogen) atoms. The molecule has 1 N–H and O–H groups in total. The third kappa shape index (κ3) is 4.81. The first-order valence-electron chi connectivity index (χ1n) is 12.0. The van der Waals surface area contributed by atoms with Crippen LogP contribution in [0.3, 0.4) is 0 Å². The molecule has 2 fully saturated rings. The van der Waals surface area contributed by atoms with Gasteiger partial charge in [-0.15, -0.1) is 0 Å². The van der Waals surface area contributed by atoms with Crippen LogP contribution >= 0.6 is 0 Å². The van der Waals surface area contributed by atoms with E-state index in [9.17, 15) is 14.7 Å². The summed E-state index contributed by atoms with van der Waals surface area (Å²) in [5.74, 6) is -0.0251. The Morgan fingerprint density at radius 1 is 1.24 bits per heavy atom. The lowest BCUT2D eigenvalue weighted by atomic mass is 10.1. The first kappa shape index (κ1) is 24.6. The average molecular weight is 489 g/mol. The standard InChI is InChI=1S/C25H36N2O6Si/c1-7-10-31-24(30)27-14-16-11-18(33-34(5,6)25(2,3)4)15-26(16)23(29)19-12-22(32-17-8-9-17)21(28)13-20(19)27/h7,12-13,16-18,28H,1,8-11,14-15H2,2-6H3/t16-,18+/m0/s1. The minimum absolute atomic E-state index is 0.0523. The minimum atomic E-state index is -2.03. The maximum Gasteiger partial charge on any atom is 0.414 e. The molecule has 2 heterocycles. The zero-order chi connectivity index (χ0) is 24.8. The number of hydrogen-bond donors (Lipinski definition) is 1. The Labute approximate surface area is 202 Å². The Hall–Kier alpha value is -2.52. The third-order valence-corrected chi connectivity index (χ3v) is 11.8. The second kappa shape index (κ2) is 8.92. The summed E-state index contributed by atoms with van der Waals surface area (Å²) < 4.78 is 17.8. The number of phenols is 1. The largest absolute Gasteiger partial charge is 0.504 e. The van der Waals surface area contributed by atoms with Gasteiger partial charge in [-0.3, -0.25) is 9.69 Å². The summed E-state index contributed by atoms with van der Waals surface area (Å²) in [7, 11) is -2.03. The second-order valence-electron chi connectivity index (χ2n) is 11.0. The van der Waals surface area contributed by atoms with Crippen molar-refractivity contribution in [3.05, 3.63) is 30.4 Å². The van der Waals surface area contributed by atoms with Gasteiger partial charge in [-0.25, -0.2) is 4.79 Å². The number of hydrogen-bond acceptors (Lipinski definition) is 6. The molecule has 1 aromatic rings. The van der Waals surface area contributed by atoms with Crippen molar-refractivity contribution in [1.82, 2.24) is 4.90 Å². The minimum Gasteiger partial charge on any atom is -0.504 e. The van der Waals surface area contributed by atoms with E-state index in [1.807, 2.05) is 0 Å². The Morgan fingerprint density at radius 2 is 1.94 bits per heavy atom. The zero-order valence-electron chi connectivity index (χ0n) is 20.8. The van der Waals surface area contributed by atoms with E-state index in [1.165, 1.54) is 17.0 Å². The van der Waals surface area contributed by atoms with E-state index in [4.69, 9.17) is 13.9 Å². The fraction of sp³-hybridized carbons (Fsp3) is 0.600. The highest BCUT2D eigenvalue weighted by molar-refractivity contribution is 6.74. The molecule has 8 nitrogen and oxygen atoms in total. The first-order chi connectivity index (χ1) is 15.9.